The highest BCUT2D eigenvalue weighted by Gasteiger charge is 2.43. The second-order valence-corrected chi connectivity index (χ2v) is 6.82. The fourth-order valence-electron chi connectivity index (χ4n) is 2.51. The van der Waals surface area contributed by atoms with Crippen LogP contribution in [0.1, 0.15) is 42.1 Å². The van der Waals surface area contributed by atoms with Crippen LogP contribution in [0.3, 0.4) is 0 Å². The summed E-state index contributed by atoms with van der Waals surface area (Å²) in [5, 5.41) is 11.9. The first kappa shape index (κ1) is 17.5. The van der Waals surface area contributed by atoms with Gasteiger partial charge in [-0.15, -0.1) is 0 Å². The Hall–Kier alpha value is -1.82. The summed E-state index contributed by atoms with van der Waals surface area (Å²) in [6.07, 6.45) is 1.42. The van der Waals surface area contributed by atoms with Gasteiger partial charge in [0.2, 0.25) is 5.91 Å². The molecule has 1 saturated heterocycles. The third-order valence-corrected chi connectivity index (χ3v) is 5.26. The lowest BCUT2D eigenvalue weighted by Gasteiger charge is -2.24. The maximum atomic E-state index is 12.1. The van der Waals surface area contributed by atoms with E-state index in [-0.39, 0.29) is 24.5 Å². The number of carboxylic acid groups (broad SMARTS) is 1. The van der Waals surface area contributed by atoms with E-state index in [9.17, 15) is 19.5 Å². The normalized spacial score (nSPS) is 20.2. The van der Waals surface area contributed by atoms with E-state index in [4.69, 9.17) is 0 Å². The Kier molecular flexibility index (Phi) is 5.82. The van der Waals surface area contributed by atoms with Crippen molar-refractivity contribution in [3.63, 3.8) is 0 Å². The number of thioether (sulfide) groups is 1. The van der Waals surface area contributed by atoms with Crippen LogP contribution in [0.5, 0.6) is 0 Å². The molecule has 1 unspecified atom stereocenters. The molecule has 1 amide bonds. The lowest BCUT2D eigenvalue weighted by molar-refractivity contribution is -0.146. The molecule has 0 radical (unpaired) electrons. The van der Waals surface area contributed by atoms with Gasteiger partial charge >= 0.3 is 5.97 Å². The van der Waals surface area contributed by atoms with Gasteiger partial charge < -0.3 is 10.4 Å². The van der Waals surface area contributed by atoms with Crippen molar-refractivity contribution in [1.29, 1.82) is 0 Å². The number of carbonyl (C=O) groups is 3. The Bertz CT molecular complexity index is 591. The van der Waals surface area contributed by atoms with Gasteiger partial charge in [0.05, 0.1) is 0 Å². The number of benzene rings is 1. The first-order valence-electron chi connectivity index (χ1n) is 7.71. The molecule has 1 atom stereocenters. The monoisotopic (exact) mass is 335 g/mol. The van der Waals surface area contributed by atoms with E-state index in [0.29, 0.717) is 17.7 Å². The Labute approximate surface area is 139 Å². The van der Waals surface area contributed by atoms with E-state index < -0.39 is 11.5 Å². The molecule has 2 N–H and O–H groups in total. The van der Waals surface area contributed by atoms with E-state index in [1.807, 2.05) is 19.1 Å². The quantitative estimate of drug-likeness (QED) is 0.747. The number of hydrogen-bond donors (Lipinski definition) is 2. The first-order chi connectivity index (χ1) is 11.0. The van der Waals surface area contributed by atoms with E-state index in [2.05, 4.69) is 5.32 Å². The third kappa shape index (κ3) is 4.34. The van der Waals surface area contributed by atoms with Gasteiger partial charge in [-0.05, 0) is 24.2 Å². The lowest BCUT2D eigenvalue weighted by Crippen LogP contribution is -2.54. The molecule has 6 heteroatoms. The average Bonchev–Trinajstić information content (AvgIpc) is 3.02. The number of aliphatic carboxylic acids is 1. The van der Waals surface area contributed by atoms with Crippen LogP contribution in [0.4, 0.5) is 0 Å². The maximum absolute atomic E-state index is 12.1. The SMILES string of the molecule is CCc1ccc(C(=O)CCC(=O)NC2(C(=O)O)CCSC2)cc1. The number of nitrogens with one attached hydrogen (secondary N) is 1. The molecule has 0 aliphatic carbocycles. The van der Waals surface area contributed by atoms with Crippen LogP contribution in [0.15, 0.2) is 24.3 Å². The molecule has 124 valence electrons. The molecule has 0 bridgehead atoms. The minimum atomic E-state index is -1.17. The van der Waals surface area contributed by atoms with E-state index in [1.54, 1.807) is 12.1 Å². The molecule has 5 nitrogen and oxygen atoms in total. The Morgan fingerprint density at radius 3 is 2.43 bits per heavy atom. The van der Waals surface area contributed by atoms with Gasteiger partial charge in [-0.25, -0.2) is 4.79 Å². The number of ketones is 1. The third-order valence-electron chi connectivity index (χ3n) is 4.07. The van der Waals surface area contributed by atoms with Crippen molar-refractivity contribution in [2.45, 2.75) is 38.1 Å². The molecule has 2 rings (SSSR count). The summed E-state index contributed by atoms with van der Waals surface area (Å²) in [4.78, 5) is 35.5. The molecule has 1 heterocycles. The van der Waals surface area contributed by atoms with Crippen molar-refractivity contribution < 1.29 is 19.5 Å². The fraction of sp³-hybridized carbons (Fsp3) is 0.471. The second kappa shape index (κ2) is 7.64. The van der Waals surface area contributed by atoms with Crippen LogP contribution in [-0.4, -0.2) is 39.8 Å². The molecular formula is C17H21NO4S. The van der Waals surface area contributed by atoms with Crippen LogP contribution in [-0.2, 0) is 16.0 Å². The molecule has 1 fully saturated rings. The smallest absolute Gasteiger partial charge is 0.330 e. The van der Waals surface area contributed by atoms with Crippen molar-refractivity contribution in [1.82, 2.24) is 5.32 Å². The van der Waals surface area contributed by atoms with Gasteiger partial charge in [-0.1, -0.05) is 31.2 Å². The number of carboxylic acids is 1. The molecule has 1 aliphatic rings. The molecule has 23 heavy (non-hydrogen) atoms. The van der Waals surface area contributed by atoms with Crippen molar-refractivity contribution in [3.8, 4) is 0 Å². The Morgan fingerprint density at radius 1 is 1.22 bits per heavy atom. The largest absolute Gasteiger partial charge is 0.479 e. The highest BCUT2D eigenvalue weighted by molar-refractivity contribution is 7.99. The van der Waals surface area contributed by atoms with Crippen LogP contribution in [0.2, 0.25) is 0 Å². The summed E-state index contributed by atoms with van der Waals surface area (Å²) >= 11 is 1.51. The van der Waals surface area contributed by atoms with Crippen molar-refractivity contribution in [2.24, 2.45) is 0 Å². The zero-order valence-corrected chi connectivity index (χ0v) is 13.9. The molecular weight excluding hydrogens is 314 g/mol. The lowest BCUT2D eigenvalue weighted by atomic mass is 9.98. The summed E-state index contributed by atoms with van der Waals surface area (Å²) in [6, 6.07) is 7.35. The van der Waals surface area contributed by atoms with E-state index in [1.165, 1.54) is 11.8 Å². The minimum Gasteiger partial charge on any atom is -0.479 e. The van der Waals surface area contributed by atoms with Crippen LogP contribution in [0, 0.1) is 0 Å². The second-order valence-electron chi connectivity index (χ2n) is 5.71. The van der Waals surface area contributed by atoms with Gasteiger partial charge in [-0.3, -0.25) is 9.59 Å². The number of carbonyl (C=O) groups excluding carboxylic acids is 2. The number of amides is 1. The standard InChI is InChI=1S/C17H21NO4S/c1-2-12-3-5-13(6-4-12)14(19)7-8-15(20)18-17(16(21)22)9-10-23-11-17/h3-6H,2,7-11H2,1H3,(H,18,20)(H,21,22). The van der Waals surface area contributed by atoms with Crippen LogP contribution < -0.4 is 5.32 Å². The summed E-state index contributed by atoms with van der Waals surface area (Å²) in [5.41, 5.74) is 0.564. The summed E-state index contributed by atoms with van der Waals surface area (Å²) < 4.78 is 0. The zero-order valence-electron chi connectivity index (χ0n) is 13.1. The van der Waals surface area contributed by atoms with Gasteiger partial charge in [0.25, 0.3) is 0 Å². The zero-order chi connectivity index (χ0) is 16.9. The highest BCUT2D eigenvalue weighted by atomic mass is 32.2. The van der Waals surface area contributed by atoms with Crippen molar-refractivity contribution in [3.05, 3.63) is 35.4 Å². The topological polar surface area (TPSA) is 83.5 Å². The predicted molar refractivity (Wildman–Crippen MR) is 89.8 cm³/mol. The molecule has 0 spiro atoms. The minimum absolute atomic E-state index is 0.00800. The van der Waals surface area contributed by atoms with Gasteiger partial charge in [-0.2, -0.15) is 11.8 Å². The highest BCUT2D eigenvalue weighted by Crippen LogP contribution is 2.28. The number of aryl methyl sites for hydroxylation is 1. The summed E-state index contributed by atoms with van der Waals surface area (Å²) in [5.74, 6) is -0.394. The molecule has 1 aromatic carbocycles. The van der Waals surface area contributed by atoms with Gasteiger partial charge in [0, 0.05) is 24.2 Å². The first-order valence-corrected chi connectivity index (χ1v) is 8.86. The van der Waals surface area contributed by atoms with E-state index >= 15 is 0 Å². The molecule has 0 saturated carbocycles. The molecule has 0 aromatic heterocycles. The van der Waals surface area contributed by atoms with E-state index in [0.717, 1.165) is 17.7 Å². The van der Waals surface area contributed by atoms with Gasteiger partial charge in [0.1, 0.15) is 5.54 Å². The number of hydrogen-bond acceptors (Lipinski definition) is 4. The van der Waals surface area contributed by atoms with Crippen LogP contribution in [0.25, 0.3) is 0 Å². The van der Waals surface area contributed by atoms with Crippen molar-refractivity contribution >= 4 is 29.4 Å². The summed E-state index contributed by atoms with van der Waals surface area (Å²) in [6.45, 7) is 2.04. The van der Waals surface area contributed by atoms with Crippen molar-refractivity contribution in [2.75, 3.05) is 11.5 Å². The molecule has 1 aromatic rings. The number of rotatable bonds is 7. The fourth-order valence-corrected chi connectivity index (χ4v) is 3.84. The van der Waals surface area contributed by atoms with Gasteiger partial charge in [0.15, 0.2) is 5.78 Å². The Morgan fingerprint density at radius 2 is 1.91 bits per heavy atom. The summed E-state index contributed by atoms with van der Waals surface area (Å²) in [7, 11) is 0. The Balaban J connectivity index is 1.88. The predicted octanol–water partition coefficient (Wildman–Crippen LogP) is 2.29. The number of Topliss-reactive ketones (excluding diaryl/α,β-unsaturated/α-hetero) is 1. The van der Waals surface area contributed by atoms with Crippen LogP contribution >= 0.6 is 11.8 Å². The molecule has 1 aliphatic heterocycles. The maximum Gasteiger partial charge on any atom is 0.330 e. The average molecular weight is 335 g/mol.